The van der Waals surface area contributed by atoms with E-state index < -0.39 is 0 Å². The normalized spacial score (nSPS) is 11.3. The molecule has 0 saturated heterocycles. The van der Waals surface area contributed by atoms with Crippen molar-refractivity contribution in [3.05, 3.63) is 47.5 Å². The first-order valence-corrected chi connectivity index (χ1v) is 7.19. The van der Waals surface area contributed by atoms with Gasteiger partial charge in [-0.15, -0.1) is 0 Å². The molecule has 0 fully saturated rings. The van der Waals surface area contributed by atoms with Crippen LogP contribution >= 0.6 is 0 Å². The maximum Gasteiger partial charge on any atom is 0.0237 e. The second-order valence-electron chi connectivity index (χ2n) is 5.61. The smallest absolute Gasteiger partial charge is 0.0237 e. The highest BCUT2D eigenvalue weighted by molar-refractivity contribution is 5.22. The second kappa shape index (κ2) is 8.13. The highest BCUT2D eigenvalue weighted by Crippen LogP contribution is 2.09. The molecule has 0 aliphatic heterocycles. The SMILES string of the molecule is C=C(C)CN(CC)Cc1ccc(CNC(C)C)cc1. The van der Waals surface area contributed by atoms with Crippen LogP contribution in [0.3, 0.4) is 0 Å². The first-order chi connectivity index (χ1) is 9.01. The molecule has 0 atom stereocenters. The van der Waals surface area contributed by atoms with E-state index in [0.29, 0.717) is 6.04 Å². The van der Waals surface area contributed by atoms with E-state index in [9.17, 15) is 0 Å². The number of nitrogens with zero attached hydrogens (tertiary/aromatic N) is 1. The Bertz CT molecular complexity index is 379. The van der Waals surface area contributed by atoms with E-state index in [-0.39, 0.29) is 0 Å². The van der Waals surface area contributed by atoms with Gasteiger partial charge in [-0.25, -0.2) is 0 Å². The minimum atomic E-state index is 0.533. The fraction of sp³-hybridized carbons (Fsp3) is 0.529. The Hall–Kier alpha value is -1.12. The van der Waals surface area contributed by atoms with E-state index in [1.165, 1.54) is 16.7 Å². The van der Waals surface area contributed by atoms with Gasteiger partial charge < -0.3 is 5.32 Å². The average molecular weight is 260 g/mol. The van der Waals surface area contributed by atoms with Crippen LogP contribution in [-0.4, -0.2) is 24.0 Å². The molecule has 0 heterocycles. The third-order valence-corrected chi connectivity index (χ3v) is 3.08. The van der Waals surface area contributed by atoms with Crippen molar-refractivity contribution in [3.63, 3.8) is 0 Å². The first-order valence-electron chi connectivity index (χ1n) is 7.19. The van der Waals surface area contributed by atoms with E-state index in [0.717, 1.165) is 26.2 Å². The van der Waals surface area contributed by atoms with Crippen LogP contribution in [0.2, 0.25) is 0 Å². The van der Waals surface area contributed by atoms with Crippen molar-refractivity contribution in [2.75, 3.05) is 13.1 Å². The molecule has 0 saturated carbocycles. The lowest BCUT2D eigenvalue weighted by atomic mass is 10.1. The van der Waals surface area contributed by atoms with Crippen molar-refractivity contribution in [1.82, 2.24) is 10.2 Å². The predicted octanol–water partition coefficient (Wildman–Crippen LogP) is 3.58. The van der Waals surface area contributed by atoms with Gasteiger partial charge in [0.1, 0.15) is 0 Å². The second-order valence-corrected chi connectivity index (χ2v) is 5.61. The van der Waals surface area contributed by atoms with Crippen LogP contribution < -0.4 is 5.32 Å². The summed E-state index contributed by atoms with van der Waals surface area (Å²) in [6.45, 7) is 16.6. The maximum atomic E-state index is 3.99. The molecular formula is C17H28N2. The Morgan fingerprint density at radius 1 is 1.21 bits per heavy atom. The molecule has 2 heteroatoms. The number of nitrogens with one attached hydrogen (secondary N) is 1. The summed E-state index contributed by atoms with van der Waals surface area (Å²) in [7, 11) is 0. The van der Waals surface area contributed by atoms with Gasteiger partial charge >= 0.3 is 0 Å². The Balaban J connectivity index is 2.53. The van der Waals surface area contributed by atoms with Crippen molar-refractivity contribution in [1.29, 1.82) is 0 Å². The monoisotopic (exact) mass is 260 g/mol. The van der Waals surface area contributed by atoms with Gasteiger partial charge in [0.25, 0.3) is 0 Å². The van der Waals surface area contributed by atoms with E-state index in [2.05, 4.69) is 68.8 Å². The van der Waals surface area contributed by atoms with Gasteiger partial charge in [0, 0.05) is 25.7 Å². The molecule has 0 aromatic heterocycles. The Morgan fingerprint density at radius 3 is 2.26 bits per heavy atom. The molecule has 1 aromatic carbocycles. The highest BCUT2D eigenvalue weighted by Gasteiger charge is 2.04. The maximum absolute atomic E-state index is 3.99. The zero-order chi connectivity index (χ0) is 14.3. The summed E-state index contributed by atoms with van der Waals surface area (Å²) >= 11 is 0. The molecule has 0 radical (unpaired) electrons. The summed E-state index contributed by atoms with van der Waals surface area (Å²) < 4.78 is 0. The van der Waals surface area contributed by atoms with Gasteiger partial charge in [-0.2, -0.15) is 0 Å². The molecule has 0 aliphatic carbocycles. The van der Waals surface area contributed by atoms with Gasteiger partial charge in [0.2, 0.25) is 0 Å². The van der Waals surface area contributed by atoms with Gasteiger partial charge in [0.15, 0.2) is 0 Å². The summed E-state index contributed by atoms with van der Waals surface area (Å²) in [5, 5.41) is 3.44. The highest BCUT2D eigenvalue weighted by atomic mass is 15.1. The van der Waals surface area contributed by atoms with Crippen LogP contribution in [0.25, 0.3) is 0 Å². The number of benzene rings is 1. The van der Waals surface area contributed by atoms with Crippen LogP contribution in [0.1, 0.15) is 38.8 Å². The lowest BCUT2D eigenvalue weighted by molar-refractivity contribution is 0.304. The summed E-state index contributed by atoms with van der Waals surface area (Å²) in [6.07, 6.45) is 0. The number of hydrogen-bond acceptors (Lipinski definition) is 2. The largest absolute Gasteiger partial charge is 0.310 e. The van der Waals surface area contributed by atoms with Gasteiger partial charge in [-0.05, 0) is 24.6 Å². The van der Waals surface area contributed by atoms with Crippen molar-refractivity contribution < 1.29 is 0 Å². The van der Waals surface area contributed by atoms with E-state index >= 15 is 0 Å². The van der Waals surface area contributed by atoms with Crippen LogP contribution in [0.4, 0.5) is 0 Å². The standard InChI is InChI=1S/C17H28N2/c1-6-19(12-14(2)3)13-17-9-7-16(8-10-17)11-18-15(4)5/h7-10,15,18H,2,6,11-13H2,1,3-5H3. The first kappa shape index (κ1) is 15.9. The molecule has 2 nitrogen and oxygen atoms in total. The lowest BCUT2D eigenvalue weighted by Gasteiger charge is -2.20. The summed E-state index contributed by atoms with van der Waals surface area (Å²) in [5.41, 5.74) is 3.94. The zero-order valence-corrected chi connectivity index (χ0v) is 12.9. The molecular weight excluding hydrogens is 232 g/mol. The summed E-state index contributed by atoms with van der Waals surface area (Å²) in [5.74, 6) is 0. The fourth-order valence-electron chi connectivity index (χ4n) is 2.00. The molecule has 106 valence electrons. The van der Waals surface area contributed by atoms with Crippen molar-refractivity contribution in [2.24, 2.45) is 0 Å². The van der Waals surface area contributed by atoms with Gasteiger partial charge in [-0.3, -0.25) is 4.90 Å². The van der Waals surface area contributed by atoms with Gasteiger partial charge in [0.05, 0.1) is 0 Å². The topological polar surface area (TPSA) is 15.3 Å². The molecule has 1 rings (SSSR count). The number of hydrogen-bond donors (Lipinski definition) is 1. The minimum absolute atomic E-state index is 0.533. The van der Waals surface area contributed by atoms with Crippen molar-refractivity contribution in [2.45, 2.75) is 46.8 Å². The number of rotatable bonds is 8. The van der Waals surface area contributed by atoms with Crippen LogP contribution in [0, 0.1) is 0 Å². The molecule has 0 bridgehead atoms. The molecule has 0 unspecified atom stereocenters. The summed E-state index contributed by atoms with van der Waals surface area (Å²) in [6, 6.07) is 9.45. The fourth-order valence-corrected chi connectivity index (χ4v) is 2.00. The van der Waals surface area contributed by atoms with Crippen LogP contribution in [0.5, 0.6) is 0 Å². The molecule has 19 heavy (non-hydrogen) atoms. The third-order valence-electron chi connectivity index (χ3n) is 3.08. The van der Waals surface area contributed by atoms with E-state index in [4.69, 9.17) is 0 Å². The lowest BCUT2D eigenvalue weighted by Crippen LogP contribution is -2.24. The quantitative estimate of drug-likeness (QED) is 0.719. The summed E-state index contributed by atoms with van der Waals surface area (Å²) in [4.78, 5) is 2.41. The third kappa shape index (κ3) is 6.55. The average Bonchev–Trinajstić information content (AvgIpc) is 2.36. The molecule has 0 aliphatic rings. The molecule has 0 spiro atoms. The van der Waals surface area contributed by atoms with Gasteiger partial charge in [-0.1, -0.05) is 57.2 Å². The minimum Gasteiger partial charge on any atom is -0.310 e. The zero-order valence-electron chi connectivity index (χ0n) is 12.9. The molecule has 0 amide bonds. The van der Waals surface area contributed by atoms with Crippen molar-refractivity contribution in [3.8, 4) is 0 Å². The Kier molecular flexibility index (Phi) is 6.82. The Morgan fingerprint density at radius 2 is 1.79 bits per heavy atom. The van der Waals surface area contributed by atoms with Crippen molar-refractivity contribution >= 4 is 0 Å². The van der Waals surface area contributed by atoms with E-state index in [1.54, 1.807) is 0 Å². The van der Waals surface area contributed by atoms with E-state index in [1.807, 2.05) is 0 Å². The molecule has 1 aromatic rings. The molecule has 1 N–H and O–H groups in total. The number of likely N-dealkylation sites (N-methyl/N-ethyl adjacent to an activating group) is 1. The Labute approximate surface area is 118 Å². The van der Waals surface area contributed by atoms with Crippen LogP contribution in [-0.2, 0) is 13.1 Å². The van der Waals surface area contributed by atoms with Crippen LogP contribution in [0.15, 0.2) is 36.4 Å². The predicted molar refractivity (Wildman–Crippen MR) is 84.2 cm³/mol.